The molecule has 2 rings (SSSR count). The second-order valence-corrected chi connectivity index (χ2v) is 5.91. The van der Waals surface area contributed by atoms with Crippen LogP contribution in [0.15, 0.2) is 41.8 Å². The fourth-order valence-electron chi connectivity index (χ4n) is 2.02. The number of hydrogen-bond donors (Lipinski definition) is 1. The van der Waals surface area contributed by atoms with Crippen molar-refractivity contribution in [1.82, 2.24) is 0 Å². The molecule has 0 fully saturated rings. The number of aliphatic hydroxyl groups is 1. The van der Waals surface area contributed by atoms with Crippen molar-refractivity contribution in [3.05, 3.63) is 57.8 Å². The van der Waals surface area contributed by atoms with Gasteiger partial charge in [0.2, 0.25) is 0 Å². The molecular formula is C15H18OS. The molecule has 0 spiro atoms. The van der Waals surface area contributed by atoms with Crippen LogP contribution in [0.1, 0.15) is 36.0 Å². The van der Waals surface area contributed by atoms with Crippen LogP contribution in [-0.2, 0) is 5.41 Å². The SMILES string of the molecule is Cc1ccsc1C(O)C(C)(C)c1ccccc1. The van der Waals surface area contributed by atoms with E-state index >= 15 is 0 Å². The highest BCUT2D eigenvalue weighted by atomic mass is 32.1. The van der Waals surface area contributed by atoms with Crippen LogP contribution in [0, 0.1) is 6.92 Å². The maximum absolute atomic E-state index is 10.6. The maximum atomic E-state index is 10.6. The number of benzene rings is 1. The fraction of sp³-hybridized carbons (Fsp3) is 0.333. The van der Waals surface area contributed by atoms with Crippen molar-refractivity contribution in [2.75, 3.05) is 0 Å². The van der Waals surface area contributed by atoms with Gasteiger partial charge in [0.1, 0.15) is 0 Å². The zero-order valence-corrected chi connectivity index (χ0v) is 11.3. The van der Waals surface area contributed by atoms with Gasteiger partial charge < -0.3 is 5.11 Å². The quantitative estimate of drug-likeness (QED) is 0.865. The van der Waals surface area contributed by atoms with Crippen LogP contribution in [0.2, 0.25) is 0 Å². The molecule has 1 nitrogen and oxygen atoms in total. The predicted octanol–water partition coefficient (Wildman–Crippen LogP) is 4.07. The summed E-state index contributed by atoms with van der Waals surface area (Å²) in [6.45, 7) is 6.23. The predicted molar refractivity (Wildman–Crippen MR) is 73.5 cm³/mol. The highest BCUT2D eigenvalue weighted by Crippen LogP contribution is 2.39. The minimum atomic E-state index is -0.454. The molecule has 0 aliphatic carbocycles. The van der Waals surface area contributed by atoms with Crippen LogP contribution in [0.5, 0.6) is 0 Å². The lowest BCUT2D eigenvalue weighted by molar-refractivity contribution is 0.103. The summed E-state index contributed by atoms with van der Waals surface area (Å²) >= 11 is 1.63. The summed E-state index contributed by atoms with van der Waals surface area (Å²) in [6, 6.07) is 12.3. The van der Waals surface area contributed by atoms with Crippen molar-refractivity contribution in [2.45, 2.75) is 32.3 Å². The molecule has 1 aromatic heterocycles. The minimum absolute atomic E-state index is 0.267. The number of hydrogen-bond acceptors (Lipinski definition) is 2. The molecule has 0 saturated heterocycles. The highest BCUT2D eigenvalue weighted by Gasteiger charge is 2.32. The Labute approximate surface area is 107 Å². The molecule has 17 heavy (non-hydrogen) atoms. The lowest BCUT2D eigenvalue weighted by Crippen LogP contribution is -2.26. The molecule has 2 aromatic rings. The number of aryl methyl sites for hydroxylation is 1. The van der Waals surface area contributed by atoms with E-state index in [-0.39, 0.29) is 5.41 Å². The topological polar surface area (TPSA) is 20.2 Å². The summed E-state index contributed by atoms with van der Waals surface area (Å²) in [4.78, 5) is 1.07. The second-order valence-electron chi connectivity index (χ2n) is 4.96. The summed E-state index contributed by atoms with van der Waals surface area (Å²) in [6.07, 6.45) is -0.454. The Morgan fingerprint density at radius 1 is 1.12 bits per heavy atom. The molecule has 0 radical (unpaired) electrons. The Bertz CT molecular complexity index is 485. The maximum Gasteiger partial charge on any atom is 0.0975 e. The molecule has 1 aromatic carbocycles. The average molecular weight is 246 g/mol. The Kier molecular flexibility index (Phi) is 3.36. The van der Waals surface area contributed by atoms with E-state index in [1.807, 2.05) is 23.6 Å². The summed E-state index contributed by atoms with van der Waals surface area (Å²) in [5, 5.41) is 12.6. The number of rotatable bonds is 3. The molecule has 0 bridgehead atoms. The standard InChI is InChI=1S/C15H18OS/c1-11-9-10-17-13(11)14(16)15(2,3)12-7-5-4-6-8-12/h4-10,14,16H,1-3H3. The fourth-order valence-corrected chi connectivity index (χ4v) is 3.11. The van der Waals surface area contributed by atoms with E-state index in [0.29, 0.717) is 0 Å². The zero-order valence-electron chi connectivity index (χ0n) is 10.5. The van der Waals surface area contributed by atoms with Gasteiger partial charge in [-0.25, -0.2) is 0 Å². The lowest BCUT2D eigenvalue weighted by Gasteiger charge is -2.31. The van der Waals surface area contributed by atoms with Crippen LogP contribution in [0.3, 0.4) is 0 Å². The molecule has 1 N–H and O–H groups in total. The van der Waals surface area contributed by atoms with Crippen molar-refractivity contribution in [3.8, 4) is 0 Å². The van der Waals surface area contributed by atoms with Gasteiger partial charge in [-0.2, -0.15) is 0 Å². The van der Waals surface area contributed by atoms with Crippen molar-refractivity contribution < 1.29 is 5.11 Å². The van der Waals surface area contributed by atoms with E-state index in [2.05, 4.69) is 39.0 Å². The molecule has 1 atom stereocenters. The van der Waals surface area contributed by atoms with Crippen molar-refractivity contribution in [2.24, 2.45) is 0 Å². The third kappa shape index (κ3) is 2.28. The van der Waals surface area contributed by atoms with Crippen molar-refractivity contribution in [1.29, 1.82) is 0 Å². The van der Waals surface area contributed by atoms with Gasteiger partial charge in [-0.1, -0.05) is 44.2 Å². The van der Waals surface area contributed by atoms with Gasteiger partial charge in [-0.05, 0) is 29.5 Å². The summed E-state index contributed by atoms with van der Waals surface area (Å²) in [5.74, 6) is 0. The summed E-state index contributed by atoms with van der Waals surface area (Å²) < 4.78 is 0. The molecular weight excluding hydrogens is 228 g/mol. The molecule has 90 valence electrons. The molecule has 0 amide bonds. The molecule has 0 saturated carbocycles. The number of thiophene rings is 1. The average Bonchev–Trinajstić information content (AvgIpc) is 2.75. The molecule has 1 heterocycles. The van der Waals surface area contributed by atoms with E-state index in [1.54, 1.807) is 11.3 Å². The van der Waals surface area contributed by atoms with Crippen molar-refractivity contribution in [3.63, 3.8) is 0 Å². The first kappa shape index (κ1) is 12.3. The first-order chi connectivity index (χ1) is 8.03. The van der Waals surface area contributed by atoms with Gasteiger partial charge in [0.15, 0.2) is 0 Å². The number of aliphatic hydroxyl groups excluding tert-OH is 1. The normalized spacial score (nSPS) is 13.6. The zero-order chi connectivity index (χ0) is 12.5. The first-order valence-electron chi connectivity index (χ1n) is 5.81. The molecule has 0 aliphatic heterocycles. The largest absolute Gasteiger partial charge is 0.387 e. The van der Waals surface area contributed by atoms with Gasteiger partial charge in [-0.15, -0.1) is 11.3 Å². The Morgan fingerprint density at radius 3 is 2.29 bits per heavy atom. The van der Waals surface area contributed by atoms with Gasteiger partial charge >= 0.3 is 0 Å². The van der Waals surface area contributed by atoms with E-state index in [9.17, 15) is 5.11 Å². The smallest absolute Gasteiger partial charge is 0.0975 e. The van der Waals surface area contributed by atoms with E-state index in [0.717, 1.165) is 4.88 Å². The van der Waals surface area contributed by atoms with Crippen molar-refractivity contribution >= 4 is 11.3 Å². The van der Waals surface area contributed by atoms with E-state index in [1.165, 1.54) is 11.1 Å². The van der Waals surface area contributed by atoms with Gasteiger partial charge in [0.05, 0.1) is 6.10 Å². The second kappa shape index (κ2) is 4.63. The van der Waals surface area contributed by atoms with Crippen LogP contribution in [0.4, 0.5) is 0 Å². The Hall–Kier alpha value is -1.12. The van der Waals surface area contributed by atoms with Gasteiger partial charge in [-0.3, -0.25) is 0 Å². The van der Waals surface area contributed by atoms with Crippen LogP contribution in [0.25, 0.3) is 0 Å². The van der Waals surface area contributed by atoms with Gasteiger partial charge in [0, 0.05) is 10.3 Å². The summed E-state index contributed by atoms with van der Waals surface area (Å²) in [5.41, 5.74) is 2.07. The first-order valence-corrected chi connectivity index (χ1v) is 6.69. The highest BCUT2D eigenvalue weighted by molar-refractivity contribution is 7.10. The monoisotopic (exact) mass is 246 g/mol. The molecule has 0 aliphatic rings. The summed E-state index contributed by atoms with van der Waals surface area (Å²) in [7, 11) is 0. The lowest BCUT2D eigenvalue weighted by atomic mass is 9.78. The van der Waals surface area contributed by atoms with Crippen LogP contribution >= 0.6 is 11.3 Å². The van der Waals surface area contributed by atoms with Crippen LogP contribution < -0.4 is 0 Å². The molecule has 1 unspecified atom stereocenters. The van der Waals surface area contributed by atoms with Crippen LogP contribution in [-0.4, -0.2) is 5.11 Å². The van der Waals surface area contributed by atoms with Gasteiger partial charge in [0.25, 0.3) is 0 Å². The Morgan fingerprint density at radius 2 is 1.76 bits per heavy atom. The van der Waals surface area contributed by atoms with E-state index < -0.39 is 6.10 Å². The Balaban J connectivity index is 2.37. The van der Waals surface area contributed by atoms with E-state index in [4.69, 9.17) is 0 Å². The third-order valence-corrected chi connectivity index (χ3v) is 4.42. The molecule has 2 heteroatoms. The third-order valence-electron chi connectivity index (χ3n) is 3.35. The minimum Gasteiger partial charge on any atom is -0.387 e.